The first-order chi connectivity index (χ1) is 8.40. The van der Waals surface area contributed by atoms with Gasteiger partial charge in [0.1, 0.15) is 11.6 Å². The Labute approximate surface area is 107 Å². The maximum absolute atomic E-state index is 13.1. The smallest absolute Gasteiger partial charge is 0.422 e. The van der Waals surface area contributed by atoms with Gasteiger partial charge in [0.15, 0.2) is 6.61 Å². The second kappa shape index (κ2) is 6.50. The van der Waals surface area contributed by atoms with E-state index in [0.29, 0.717) is 12.3 Å². The third-order valence-corrected chi connectivity index (χ3v) is 1.91. The van der Waals surface area contributed by atoms with Crippen LogP contribution in [0.3, 0.4) is 0 Å². The number of halogens is 5. The van der Waals surface area contributed by atoms with Crippen molar-refractivity contribution in [2.45, 2.75) is 12.6 Å². The van der Waals surface area contributed by atoms with Crippen LogP contribution in [0.2, 0.25) is 0 Å². The van der Waals surface area contributed by atoms with Crippen LogP contribution in [0.15, 0.2) is 18.2 Å². The van der Waals surface area contributed by atoms with E-state index in [4.69, 9.17) is 11.6 Å². The molecule has 1 aromatic rings. The average Bonchev–Trinajstić information content (AvgIpc) is 2.25. The first kappa shape index (κ1) is 14.7. The second-order valence-electron chi connectivity index (χ2n) is 3.32. The Morgan fingerprint density at radius 1 is 1.22 bits per heavy atom. The molecule has 98 valence electrons. The molecule has 0 spiro atoms. The Morgan fingerprint density at radius 3 is 2.56 bits per heavy atom. The number of rotatable bonds is 3. The number of benzene rings is 1. The molecule has 0 N–H and O–H groups in total. The summed E-state index contributed by atoms with van der Waals surface area (Å²) in [5.41, 5.74) is 0.247. The minimum atomic E-state index is -4.46. The van der Waals surface area contributed by atoms with Crippen LogP contribution in [-0.4, -0.2) is 18.7 Å². The van der Waals surface area contributed by atoms with Gasteiger partial charge in [-0.3, -0.25) is 0 Å². The van der Waals surface area contributed by atoms with Crippen molar-refractivity contribution >= 4 is 11.6 Å². The molecule has 0 saturated carbocycles. The summed E-state index contributed by atoms with van der Waals surface area (Å²) in [4.78, 5) is 0. The Morgan fingerprint density at radius 2 is 1.94 bits per heavy atom. The fourth-order valence-corrected chi connectivity index (χ4v) is 1.19. The van der Waals surface area contributed by atoms with Gasteiger partial charge in [0.25, 0.3) is 0 Å². The van der Waals surface area contributed by atoms with E-state index in [0.717, 1.165) is 12.1 Å². The average molecular weight is 281 g/mol. The normalized spacial score (nSPS) is 10.7. The standard InChI is InChI=1S/C12H9ClF4O/c13-4-2-1-3-9-5-10(14)7-11(6-9)18-8-12(15,16)17/h5-7H,2,4,8H2. The highest BCUT2D eigenvalue weighted by molar-refractivity contribution is 6.18. The van der Waals surface area contributed by atoms with E-state index < -0.39 is 18.6 Å². The molecule has 0 radical (unpaired) electrons. The molecule has 1 nitrogen and oxygen atoms in total. The molecule has 0 atom stereocenters. The molecule has 0 bridgehead atoms. The van der Waals surface area contributed by atoms with Gasteiger partial charge >= 0.3 is 6.18 Å². The van der Waals surface area contributed by atoms with Crippen LogP contribution in [0.5, 0.6) is 5.75 Å². The first-order valence-corrected chi connectivity index (χ1v) is 5.49. The summed E-state index contributed by atoms with van der Waals surface area (Å²) < 4.78 is 53.3. The molecule has 0 aliphatic rings. The number of hydrogen-bond acceptors (Lipinski definition) is 1. The first-order valence-electron chi connectivity index (χ1n) is 4.96. The molecule has 0 aromatic heterocycles. The summed E-state index contributed by atoms with van der Waals surface area (Å²) in [6.07, 6.45) is -4.05. The van der Waals surface area contributed by atoms with E-state index >= 15 is 0 Å². The van der Waals surface area contributed by atoms with E-state index in [1.807, 2.05) is 0 Å². The van der Waals surface area contributed by atoms with Crippen LogP contribution in [0.4, 0.5) is 17.6 Å². The zero-order valence-electron chi connectivity index (χ0n) is 9.15. The van der Waals surface area contributed by atoms with Crippen molar-refractivity contribution in [3.63, 3.8) is 0 Å². The quantitative estimate of drug-likeness (QED) is 0.465. The van der Waals surface area contributed by atoms with Crippen molar-refractivity contribution in [3.8, 4) is 17.6 Å². The molecule has 1 aromatic carbocycles. The Bertz CT molecular complexity index is 459. The van der Waals surface area contributed by atoms with E-state index in [1.54, 1.807) is 0 Å². The molecule has 0 aliphatic carbocycles. The summed E-state index contributed by atoms with van der Waals surface area (Å²) in [6, 6.07) is 3.23. The Hall–Kier alpha value is -1.41. The maximum atomic E-state index is 13.1. The molecule has 6 heteroatoms. The van der Waals surface area contributed by atoms with Gasteiger partial charge in [0.2, 0.25) is 0 Å². The SMILES string of the molecule is Fc1cc(C#CCCCl)cc(OCC(F)(F)F)c1. The lowest BCUT2D eigenvalue weighted by molar-refractivity contribution is -0.153. The van der Waals surface area contributed by atoms with Crippen LogP contribution in [-0.2, 0) is 0 Å². The van der Waals surface area contributed by atoms with Crippen LogP contribution in [0.25, 0.3) is 0 Å². The topological polar surface area (TPSA) is 9.23 Å². The number of hydrogen-bond donors (Lipinski definition) is 0. The Balaban J connectivity index is 2.79. The van der Waals surface area contributed by atoms with E-state index in [-0.39, 0.29) is 11.3 Å². The molecule has 0 fully saturated rings. The Kier molecular flexibility index (Phi) is 5.29. The summed E-state index contributed by atoms with van der Waals surface area (Å²) in [7, 11) is 0. The third-order valence-electron chi connectivity index (χ3n) is 1.73. The van der Waals surface area contributed by atoms with Gasteiger partial charge in [-0.2, -0.15) is 13.2 Å². The largest absolute Gasteiger partial charge is 0.484 e. The van der Waals surface area contributed by atoms with Gasteiger partial charge in [-0.25, -0.2) is 4.39 Å². The summed E-state index contributed by atoms with van der Waals surface area (Å²) in [6.45, 7) is -1.47. The predicted octanol–water partition coefficient (Wildman–Crippen LogP) is 3.75. The third kappa shape index (κ3) is 5.78. The fraction of sp³-hybridized carbons (Fsp3) is 0.333. The lowest BCUT2D eigenvalue weighted by atomic mass is 10.2. The lowest BCUT2D eigenvalue weighted by Gasteiger charge is -2.09. The zero-order valence-corrected chi connectivity index (χ0v) is 9.91. The zero-order chi connectivity index (χ0) is 13.6. The van der Waals surface area contributed by atoms with Crippen molar-refractivity contribution in [1.82, 2.24) is 0 Å². The van der Waals surface area contributed by atoms with Gasteiger partial charge in [0, 0.05) is 23.9 Å². The summed E-state index contributed by atoms with van der Waals surface area (Å²) in [5.74, 6) is 4.66. The summed E-state index contributed by atoms with van der Waals surface area (Å²) in [5, 5.41) is 0. The molecule has 0 heterocycles. The van der Waals surface area contributed by atoms with Crippen LogP contribution in [0, 0.1) is 17.7 Å². The predicted molar refractivity (Wildman–Crippen MR) is 60.2 cm³/mol. The highest BCUT2D eigenvalue weighted by Gasteiger charge is 2.28. The van der Waals surface area contributed by atoms with Gasteiger partial charge in [-0.1, -0.05) is 11.8 Å². The molecular weight excluding hydrogens is 272 g/mol. The van der Waals surface area contributed by atoms with Crippen molar-refractivity contribution in [2.24, 2.45) is 0 Å². The van der Waals surface area contributed by atoms with Crippen LogP contribution >= 0.6 is 11.6 Å². The molecule has 0 unspecified atom stereocenters. The van der Waals surface area contributed by atoms with Gasteiger partial charge in [0.05, 0.1) is 0 Å². The molecule has 0 aliphatic heterocycles. The molecule has 18 heavy (non-hydrogen) atoms. The lowest BCUT2D eigenvalue weighted by Crippen LogP contribution is -2.19. The second-order valence-corrected chi connectivity index (χ2v) is 3.70. The van der Waals surface area contributed by atoms with Gasteiger partial charge < -0.3 is 4.74 Å². The van der Waals surface area contributed by atoms with Crippen molar-refractivity contribution in [1.29, 1.82) is 0 Å². The van der Waals surface area contributed by atoms with Gasteiger partial charge in [-0.05, 0) is 12.1 Å². The van der Waals surface area contributed by atoms with Crippen molar-refractivity contribution < 1.29 is 22.3 Å². The number of ether oxygens (including phenoxy) is 1. The fourth-order valence-electron chi connectivity index (χ4n) is 1.10. The molecule has 1 rings (SSSR count). The minimum absolute atomic E-state index is 0.206. The molecular formula is C12H9ClF4O. The van der Waals surface area contributed by atoms with E-state index in [2.05, 4.69) is 16.6 Å². The molecule has 0 amide bonds. The molecule has 0 saturated heterocycles. The monoisotopic (exact) mass is 280 g/mol. The van der Waals surface area contributed by atoms with E-state index in [9.17, 15) is 17.6 Å². The van der Waals surface area contributed by atoms with Crippen molar-refractivity contribution in [2.75, 3.05) is 12.5 Å². The summed E-state index contributed by atoms with van der Waals surface area (Å²) >= 11 is 5.40. The van der Waals surface area contributed by atoms with Crippen LogP contribution in [0.1, 0.15) is 12.0 Å². The maximum Gasteiger partial charge on any atom is 0.422 e. The van der Waals surface area contributed by atoms with Crippen molar-refractivity contribution in [3.05, 3.63) is 29.6 Å². The van der Waals surface area contributed by atoms with E-state index in [1.165, 1.54) is 6.07 Å². The minimum Gasteiger partial charge on any atom is -0.484 e. The highest BCUT2D eigenvalue weighted by Crippen LogP contribution is 2.20. The van der Waals surface area contributed by atoms with Crippen LogP contribution < -0.4 is 4.74 Å². The van der Waals surface area contributed by atoms with Gasteiger partial charge in [-0.15, -0.1) is 11.6 Å². The number of alkyl halides is 4. The highest BCUT2D eigenvalue weighted by atomic mass is 35.5.